The third kappa shape index (κ3) is 3.49. The van der Waals surface area contributed by atoms with Crippen molar-refractivity contribution < 1.29 is 9.85 Å². The first-order valence-corrected chi connectivity index (χ1v) is 5.18. The summed E-state index contributed by atoms with van der Waals surface area (Å²) in [6.45, 7) is 3.32. The molecule has 0 amide bonds. The Morgan fingerprint density at radius 2 is 1.94 bits per heavy atom. The number of nitro benzene ring substituents is 2. The van der Waals surface area contributed by atoms with Crippen LogP contribution >= 0.6 is 0 Å². The second kappa shape index (κ2) is 5.90. The number of hydrogen-bond acceptors (Lipinski definition) is 5. The molecule has 0 bridgehead atoms. The Balaban J connectivity index is 2.96. The topological polar surface area (TPSA) is 98.3 Å². The van der Waals surface area contributed by atoms with Crippen LogP contribution in [-0.2, 0) is 6.42 Å². The molecule has 1 N–H and O–H groups in total. The van der Waals surface area contributed by atoms with Crippen LogP contribution in [0.25, 0.3) is 0 Å². The van der Waals surface area contributed by atoms with Gasteiger partial charge in [0.1, 0.15) is 0 Å². The van der Waals surface area contributed by atoms with Gasteiger partial charge >= 0.3 is 0 Å². The van der Waals surface area contributed by atoms with E-state index in [0.29, 0.717) is 18.5 Å². The molecule has 0 aliphatic rings. The molecule has 0 aromatic heterocycles. The van der Waals surface area contributed by atoms with Crippen LogP contribution in [0.4, 0.5) is 11.4 Å². The van der Waals surface area contributed by atoms with Crippen molar-refractivity contribution in [2.75, 3.05) is 13.1 Å². The van der Waals surface area contributed by atoms with Gasteiger partial charge in [0.15, 0.2) is 0 Å². The molecule has 0 aliphatic carbocycles. The summed E-state index contributed by atoms with van der Waals surface area (Å²) >= 11 is 0. The summed E-state index contributed by atoms with van der Waals surface area (Å²) < 4.78 is 0. The highest BCUT2D eigenvalue weighted by Gasteiger charge is 2.18. The first kappa shape index (κ1) is 13.0. The van der Waals surface area contributed by atoms with Gasteiger partial charge in [-0.3, -0.25) is 20.2 Å². The molecule has 0 heterocycles. The molecule has 1 aromatic carbocycles. The lowest BCUT2D eigenvalue weighted by Crippen LogP contribution is -2.16. The summed E-state index contributed by atoms with van der Waals surface area (Å²) in [5.41, 5.74) is 0.0440. The Bertz CT molecular complexity index is 434. The zero-order valence-electron chi connectivity index (χ0n) is 9.38. The number of non-ortho nitro benzene ring substituents is 1. The van der Waals surface area contributed by atoms with Crippen molar-refractivity contribution in [3.8, 4) is 0 Å². The van der Waals surface area contributed by atoms with E-state index in [0.717, 1.165) is 12.6 Å². The minimum atomic E-state index is -0.638. The van der Waals surface area contributed by atoms with Gasteiger partial charge in [-0.05, 0) is 25.6 Å². The van der Waals surface area contributed by atoms with E-state index < -0.39 is 9.85 Å². The SMILES string of the molecule is CCNCCc1ccc([N+](=O)[O-])cc1[N+](=O)[O-]. The second-order valence-electron chi connectivity index (χ2n) is 3.43. The number of benzene rings is 1. The van der Waals surface area contributed by atoms with Crippen LogP contribution in [0.1, 0.15) is 12.5 Å². The minimum Gasteiger partial charge on any atom is -0.317 e. The van der Waals surface area contributed by atoms with Gasteiger partial charge in [-0.15, -0.1) is 0 Å². The molecule has 0 radical (unpaired) electrons. The summed E-state index contributed by atoms with van der Waals surface area (Å²) in [6, 6.07) is 3.73. The zero-order chi connectivity index (χ0) is 12.8. The van der Waals surface area contributed by atoms with E-state index in [1.165, 1.54) is 12.1 Å². The molecule has 0 spiro atoms. The molecule has 0 saturated heterocycles. The van der Waals surface area contributed by atoms with Crippen LogP contribution in [0.2, 0.25) is 0 Å². The van der Waals surface area contributed by atoms with Gasteiger partial charge in [-0.25, -0.2) is 0 Å². The second-order valence-corrected chi connectivity index (χ2v) is 3.43. The lowest BCUT2D eigenvalue weighted by Gasteiger charge is -2.03. The molecule has 7 heteroatoms. The number of nitrogens with one attached hydrogen (secondary N) is 1. The maximum atomic E-state index is 10.8. The third-order valence-corrected chi connectivity index (χ3v) is 2.30. The van der Waals surface area contributed by atoms with Crippen LogP contribution < -0.4 is 5.32 Å². The van der Waals surface area contributed by atoms with E-state index in [-0.39, 0.29) is 11.4 Å². The highest BCUT2D eigenvalue weighted by molar-refractivity contribution is 5.49. The van der Waals surface area contributed by atoms with Crippen molar-refractivity contribution in [2.24, 2.45) is 0 Å². The van der Waals surface area contributed by atoms with Gasteiger partial charge in [0, 0.05) is 11.6 Å². The standard InChI is InChI=1S/C10H13N3O4/c1-2-11-6-5-8-3-4-9(12(14)15)7-10(8)13(16)17/h3-4,7,11H,2,5-6H2,1H3. The number of nitro groups is 2. The predicted molar refractivity (Wildman–Crippen MR) is 62.0 cm³/mol. The summed E-state index contributed by atoms with van der Waals surface area (Å²) in [5.74, 6) is 0. The van der Waals surface area contributed by atoms with E-state index in [2.05, 4.69) is 5.32 Å². The Hall–Kier alpha value is -2.02. The average Bonchev–Trinajstić information content (AvgIpc) is 2.29. The summed E-state index contributed by atoms with van der Waals surface area (Å²) in [6.07, 6.45) is 0.474. The van der Waals surface area contributed by atoms with Crippen LogP contribution in [0.5, 0.6) is 0 Å². The van der Waals surface area contributed by atoms with E-state index >= 15 is 0 Å². The van der Waals surface area contributed by atoms with Crippen molar-refractivity contribution in [3.05, 3.63) is 44.0 Å². The Kier molecular flexibility index (Phi) is 4.53. The third-order valence-electron chi connectivity index (χ3n) is 2.30. The monoisotopic (exact) mass is 239 g/mol. The van der Waals surface area contributed by atoms with Gasteiger partial charge in [-0.1, -0.05) is 6.92 Å². The maximum Gasteiger partial charge on any atom is 0.279 e. The zero-order valence-corrected chi connectivity index (χ0v) is 9.38. The Morgan fingerprint density at radius 1 is 1.24 bits per heavy atom. The van der Waals surface area contributed by atoms with E-state index in [1.54, 1.807) is 0 Å². The van der Waals surface area contributed by atoms with Crippen LogP contribution in [-0.4, -0.2) is 22.9 Å². The fourth-order valence-corrected chi connectivity index (χ4v) is 1.45. The molecule has 0 unspecified atom stereocenters. The number of likely N-dealkylation sites (N-methyl/N-ethyl adjacent to an activating group) is 1. The number of rotatable bonds is 6. The van der Waals surface area contributed by atoms with Crippen molar-refractivity contribution in [3.63, 3.8) is 0 Å². The molecule has 17 heavy (non-hydrogen) atoms. The molecule has 7 nitrogen and oxygen atoms in total. The van der Waals surface area contributed by atoms with Gasteiger partial charge in [0.05, 0.1) is 15.9 Å². The quantitative estimate of drug-likeness (QED) is 0.462. The van der Waals surface area contributed by atoms with Gasteiger partial charge < -0.3 is 5.32 Å². The van der Waals surface area contributed by atoms with Crippen LogP contribution in [0.3, 0.4) is 0 Å². The number of nitrogens with zero attached hydrogens (tertiary/aromatic N) is 2. The van der Waals surface area contributed by atoms with Gasteiger partial charge in [0.2, 0.25) is 0 Å². The van der Waals surface area contributed by atoms with Crippen LogP contribution in [0, 0.1) is 20.2 Å². The van der Waals surface area contributed by atoms with Gasteiger partial charge in [-0.2, -0.15) is 0 Å². The molecule has 92 valence electrons. The fraction of sp³-hybridized carbons (Fsp3) is 0.400. The average molecular weight is 239 g/mol. The first-order valence-electron chi connectivity index (χ1n) is 5.18. The fourth-order valence-electron chi connectivity index (χ4n) is 1.45. The Morgan fingerprint density at radius 3 is 2.47 bits per heavy atom. The lowest BCUT2D eigenvalue weighted by molar-refractivity contribution is -0.394. The van der Waals surface area contributed by atoms with E-state index in [4.69, 9.17) is 0 Å². The predicted octanol–water partition coefficient (Wildman–Crippen LogP) is 1.65. The van der Waals surface area contributed by atoms with Crippen molar-refractivity contribution in [1.82, 2.24) is 5.32 Å². The highest BCUT2D eigenvalue weighted by Crippen LogP contribution is 2.24. The van der Waals surface area contributed by atoms with Gasteiger partial charge in [0.25, 0.3) is 11.4 Å². The molecular formula is C10H13N3O4. The molecule has 0 fully saturated rings. The van der Waals surface area contributed by atoms with Crippen LogP contribution in [0.15, 0.2) is 18.2 Å². The molecular weight excluding hydrogens is 226 g/mol. The molecule has 1 rings (SSSR count). The summed E-state index contributed by atoms with van der Waals surface area (Å²) in [5, 5.41) is 24.4. The van der Waals surface area contributed by atoms with Crippen molar-refractivity contribution in [1.29, 1.82) is 0 Å². The van der Waals surface area contributed by atoms with E-state index in [9.17, 15) is 20.2 Å². The number of hydrogen-bond donors (Lipinski definition) is 1. The van der Waals surface area contributed by atoms with Crippen molar-refractivity contribution >= 4 is 11.4 Å². The largest absolute Gasteiger partial charge is 0.317 e. The normalized spacial score (nSPS) is 10.2. The lowest BCUT2D eigenvalue weighted by atomic mass is 10.1. The highest BCUT2D eigenvalue weighted by atomic mass is 16.6. The summed E-state index contributed by atoms with van der Waals surface area (Å²) in [4.78, 5) is 20.1. The molecule has 0 aliphatic heterocycles. The smallest absolute Gasteiger partial charge is 0.279 e. The maximum absolute atomic E-state index is 10.8. The molecule has 0 saturated carbocycles. The van der Waals surface area contributed by atoms with E-state index in [1.807, 2.05) is 6.92 Å². The Labute approximate surface area is 97.7 Å². The first-order chi connectivity index (χ1) is 8.06. The molecule has 0 atom stereocenters. The van der Waals surface area contributed by atoms with Crippen molar-refractivity contribution in [2.45, 2.75) is 13.3 Å². The summed E-state index contributed by atoms with van der Waals surface area (Å²) in [7, 11) is 0. The molecule has 1 aromatic rings. The minimum absolute atomic E-state index is 0.197.